The Bertz CT molecular complexity index is 788. The third-order valence-corrected chi connectivity index (χ3v) is 3.73. The highest BCUT2D eigenvalue weighted by atomic mass is 16.1. The van der Waals surface area contributed by atoms with E-state index in [0.717, 1.165) is 36.3 Å². The lowest BCUT2D eigenvalue weighted by molar-refractivity contribution is 0.769. The summed E-state index contributed by atoms with van der Waals surface area (Å²) >= 11 is 0. The fourth-order valence-corrected chi connectivity index (χ4v) is 2.72. The van der Waals surface area contributed by atoms with Gasteiger partial charge in [-0.2, -0.15) is 0 Å². The fourth-order valence-electron chi connectivity index (χ4n) is 2.72. The third kappa shape index (κ3) is 2.48. The summed E-state index contributed by atoms with van der Waals surface area (Å²) in [7, 11) is 0. The first kappa shape index (κ1) is 14.3. The second-order valence-electron chi connectivity index (χ2n) is 5.22. The van der Waals surface area contributed by atoms with Crippen LogP contribution in [0, 0.1) is 0 Å². The Kier molecular flexibility index (Phi) is 3.92. The summed E-state index contributed by atoms with van der Waals surface area (Å²) in [6, 6.07) is 9.56. The van der Waals surface area contributed by atoms with Crippen molar-refractivity contribution in [1.82, 2.24) is 14.9 Å². The van der Waals surface area contributed by atoms with E-state index >= 15 is 0 Å². The molecule has 1 aliphatic rings. The van der Waals surface area contributed by atoms with Crippen molar-refractivity contribution in [3.05, 3.63) is 64.7 Å². The Hall–Kier alpha value is -2.62. The van der Waals surface area contributed by atoms with Gasteiger partial charge in [-0.05, 0) is 25.8 Å². The predicted molar refractivity (Wildman–Crippen MR) is 90.3 cm³/mol. The van der Waals surface area contributed by atoms with Crippen LogP contribution in [0.2, 0.25) is 0 Å². The molecule has 0 saturated carbocycles. The van der Waals surface area contributed by atoms with Crippen LogP contribution < -0.4 is 10.9 Å². The van der Waals surface area contributed by atoms with Gasteiger partial charge in [-0.15, -0.1) is 0 Å². The van der Waals surface area contributed by atoms with E-state index in [4.69, 9.17) is 0 Å². The topological polar surface area (TPSA) is 46.9 Å². The summed E-state index contributed by atoms with van der Waals surface area (Å²) in [6.45, 7) is 6.73. The van der Waals surface area contributed by atoms with Gasteiger partial charge in [-0.1, -0.05) is 43.0 Å². The molecule has 0 saturated heterocycles. The van der Waals surface area contributed by atoms with Crippen molar-refractivity contribution in [3.8, 4) is 11.3 Å². The average Bonchev–Trinajstić information content (AvgIpc) is 2.55. The molecule has 0 fully saturated rings. The average molecular weight is 293 g/mol. The summed E-state index contributed by atoms with van der Waals surface area (Å²) in [5.41, 5.74) is 2.95. The second kappa shape index (κ2) is 6.02. The van der Waals surface area contributed by atoms with Gasteiger partial charge in [0.15, 0.2) is 0 Å². The lowest BCUT2D eigenvalue weighted by Gasteiger charge is -2.20. The van der Waals surface area contributed by atoms with Gasteiger partial charge < -0.3 is 5.32 Å². The lowest BCUT2D eigenvalue weighted by Crippen LogP contribution is -2.32. The molecule has 22 heavy (non-hydrogen) atoms. The van der Waals surface area contributed by atoms with E-state index in [-0.39, 0.29) is 5.56 Å². The highest BCUT2D eigenvalue weighted by Crippen LogP contribution is 2.21. The minimum Gasteiger partial charge on any atom is -0.372 e. The molecule has 112 valence electrons. The van der Waals surface area contributed by atoms with Crippen molar-refractivity contribution in [1.29, 1.82) is 0 Å². The number of fused-ring (bicyclic) bond motifs is 1. The van der Waals surface area contributed by atoms with Crippen molar-refractivity contribution >= 4 is 11.9 Å². The summed E-state index contributed by atoms with van der Waals surface area (Å²) in [4.78, 5) is 17.5. The molecule has 1 aromatic carbocycles. The number of hydrogen-bond acceptors (Lipinski definition) is 3. The highest BCUT2D eigenvalue weighted by Gasteiger charge is 2.19. The van der Waals surface area contributed by atoms with Crippen LogP contribution in [-0.4, -0.2) is 16.1 Å². The van der Waals surface area contributed by atoms with Gasteiger partial charge in [0.2, 0.25) is 0 Å². The number of allylic oxidation sites excluding steroid dienone is 1. The first-order valence-corrected chi connectivity index (χ1v) is 7.53. The van der Waals surface area contributed by atoms with Crippen molar-refractivity contribution < 1.29 is 0 Å². The highest BCUT2D eigenvalue weighted by molar-refractivity contribution is 5.64. The maximum absolute atomic E-state index is 12.9. The number of hydrogen-bond donors (Lipinski definition) is 1. The smallest absolute Gasteiger partial charge is 0.282 e. The molecule has 3 rings (SSSR count). The standard InChI is InChI=1S/C18H19N3O/c1-3-19-13(2)21-16-12-8-7-11-15(16)20-17(18(21)22)14-9-5-4-6-10-14/h4-7,9-11,19H,2-3,8,12H2,1H3. The largest absolute Gasteiger partial charge is 0.372 e. The van der Waals surface area contributed by atoms with Crippen LogP contribution in [0.1, 0.15) is 24.7 Å². The Labute approximate surface area is 129 Å². The van der Waals surface area contributed by atoms with Crippen molar-refractivity contribution in [2.45, 2.75) is 19.8 Å². The first-order valence-electron chi connectivity index (χ1n) is 7.53. The predicted octanol–water partition coefficient (Wildman–Crippen LogP) is 2.91. The molecule has 4 nitrogen and oxygen atoms in total. The van der Waals surface area contributed by atoms with Crippen LogP contribution >= 0.6 is 0 Å². The van der Waals surface area contributed by atoms with Crippen molar-refractivity contribution in [2.75, 3.05) is 6.54 Å². The molecule has 0 bridgehead atoms. The van der Waals surface area contributed by atoms with E-state index in [2.05, 4.69) is 23.0 Å². The van der Waals surface area contributed by atoms with E-state index in [9.17, 15) is 4.79 Å². The minimum atomic E-state index is -0.119. The Morgan fingerprint density at radius 1 is 1.36 bits per heavy atom. The monoisotopic (exact) mass is 293 g/mol. The molecule has 0 radical (unpaired) electrons. The first-order chi connectivity index (χ1) is 10.7. The molecule has 0 unspecified atom stereocenters. The van der Waals surface area contributed by atoms with Crippen molar-refractivity contribution in [2.24, 2.45) is 0 Å². The molecule has 4 heteroatoms. The minimum absolute atomic E-state index is 0.119. The van der Waals surface area contributed by atoms with Crippen LogP contribution in [-0.2, 0) is 6.42 Å². The van der Waals surface area contributed by atoms with E-state index in [1.165, 1.54) is 0 Å². The van der Waals surface area contributed by atoms with Crippen LogP contribution in [0.4, 0.5) is 0 Å². The zero-order chi connectivity index (χ0) is 15.5. The van der Waals surface area contributed by atoms with Crippen LogP contribution in [0.15, 0.2) is 47.8 Å². The third-order valence-electron chi connectivity index (χ3n) is 3.73. The number of nitrogens with one attached hydrogen (secondary N) is 1. The fraction of sp³-hybridized carbons (Fsp3) is 0.222. The van der Waals surface area contributed by atoms with Gasteiger partial charge in [0.05, 0.1) is 11.4 Å². The van der Waals surface area contributed by atoms with Crippen molar-refractivity contribution in [3.63, 3.8) is 0 Å². The summed E-state index contributed by atoms with van der Waals surface area (Å²) in [6.07, 6.45) is 5.79. The molecule has 1 aliphatic carbocycles. The molecule has 0 atom stereocenters. The molecule has 0 spiro atoms. The van der Waals surface area contributed by atoms with Gasteiger partial charge in [-0.25, -0.2) is 4.98 Å². The van der Waals surface area contributed by atoms with Gasteiger partial charge in [0, 0.05) is 12.1 Å². The molecule has 2 aromatic rings. The van der Waals surface area contributed by atoms with E-state index < -0.39 is 0 Å². The van der Waals surface area contributed by atoms with Crippen LogP contribution in [0.3, 0.4) is 0 Å². The molecule has 0 amide bonds. The molecule has 0 aliphatic heterocycles. The normalized spacial score (nSPS) is 12.8. The number of aromatic nitrogens is 2. The number of nitrogens with zero attached hydrogens (tertiary/aromatic N) is 2. The van der Waals surface area contributed by atoms with Gasteiger partial charge in [0.1, 0.15) is 11.5 Å². The quantitative estimate of drug-likeness (QED) is 0.943. The molecule has 1 heterocycles. The zero-order valence-corrected chi connectivity index (χ0v) is 12.7. The molecule has 1 aromatic heterocycles. The lowest BCUT2D eigenvalue weighted by atomic mass is 10.1. The van der Waals surface area contributed by atoms with Gasteiger partial charge in [-0.3, -0.25) is 9.36 Å². The maximum atomic E-state index is 12.9. The number of benzene rings is 1. The summed E-state index contributed by atoms with van der Waals surface area (Å²) < 4.78 is 1.68. The Morgan fingerprint density at radius 3 is 2.86 bits per heavy atom. The summed E-state index contributed by atoms with van der Waals surface area (Å²) in [5.74, 6) is 0.610. The van der Waals surface area contributed by atoms with E-state index in [1.54, 1.807) is 4.57 Å². The van der Waals surface area contributed by atoms with Crippen LogP contribution in [0.5, 0.6) is 0 Å². The number of rotatable bonds is 4. The second-order valence-corrected chi connectivity index (χ2v) is 5.22. The zero-order valence-electron chi connectivity index (χ0n) is 12.7. The molecular weight excluding hydrogens is 274 g/mol. The summed E-state index contributed by atoms with van der Waals surface area (Å²) in [5, 5.41) is 3.15. The van der Waals surface area contributed by atoms with E-state index in [1.807, 2.05) is 43.3 Å². The van der Waals surface area contributed by atoms with Gasteiger partial charge >= 0.3 is 0 Å². The van der Waals surface area contributed by atoms with Crippen LogP contribution in [0.25, 0.3) is 23.2 Å². The molecule has 1 N–H and O–H groups in total. The van der Waals surface area contributed by atoms with Gasteiger partial charge in [0.25, 0.3) is 5.56 Å². The SMILES string of the molecule is C=C(NCC)n1c2c(nc(-c3ccccc3)c1=O)C=CCC2. The maximum Gasteiger partial charge on any atom is 0.282 e. The molecular formula is C18H19N3O. The Balaban J connectivity index is 2.26. The Morgan fingerprint density at radius 2 is 2.14 bits per heavy atom. The van der Waals surface area contributed by atoms with E-state index in [0.29, 0.717) is 11.5 Å².